The molecule has 0 unspecified atom stereocenters. The molecule has 0 saturated heterocycles. The van der Waals surface area contributed by atoms with Crippen LogP contribution in [-0.4, -0.2) is 4.98 Å². The van der Waals surface area contributed by atoms with Gasteiger partial charge in [0.05, 0.1) is 10.0 Å². The van der Waals surface area contributed by atoms with E-state index in [1.165, 1.54) is 12.8 Å². The number of hydrogen-bond acceptors (Lipinski definition) is 2. The van der Waals surface area contributed by atoms with Crippen molar-refractivity contribution in [2.75, 3.05) is 0 Å². The first-order valence-electron chi connectivity index (χ1n) is 5.21. The number of nitrogens with two attached hydrogens (primary N) is 1. The molecule has 2 N–H and O–H groups in total. The molecule has 15 heavy (non-hydrogen) atoms. The van der Waals surface area contributed by atoms with Crippen molar-refractivity contribution in [3.05, 3.63) is 28.0 Å². The topological polar surface area (TPSA) is 38.9 Å². The van der Waals surface area contributed by atoms with Crippen molar-refractivity contribution >= 4 is 23.2 Å². The van der Waals surface area contributed by atoms with Gasteiger partial charge in [-0.2, -0.15) is 0 Å². The second-order valence-corrected chi connectivity index (χ2v) is 4.43. The Hall–Kier alpha value is -0.310. The minimum atomic E-state index is -0.0838. The highest BCUT2D eigenvalue weighted by Gasteiger charge is 2.13. The van der Waals surface area contributed by atoms with E-state index < -0.39 is 0 Å². The molecule has 1 atom stereocenters. The minimum Gasteiger partial charge on any atom is -0.324 e. The van der Waals surface area contributed by atoms with E-state index in [1.807, 2.05) is 0 Å². The number of pyridine rings is 1. The maximum atomic E-state index is 6.04. The van der Waals surface area contributed by atoms with Crippen LogP contribution >= 0.6 is 23.2 Å². The van der Waals surface area contributed by atoms with Crippen molar-refractivity contribution < 1.29 is 0 Å². The summed E-state index contributed by atoms with van der Waals surface area (Å²) in [4.78, 5) is 3.90. The number of unbranched alkanes of at least 4 members (excludes halogenated alkanes) is 2. The van der Waals surface area contributed by atoms with Gasteiger partial charge >= 0.3 is 0 Å². The molecular formula is C11H16Cl2N2. The van der Waals surface area contributed by atoms with Crippen LogP contribution in [0.1, 0.15) is 44.2 Å². The average Bonchev–Trinajstić information content (AvgIpc) is 2.18. The zero-order valence-corrected chi connectivity index (χ0v) is 10.4. The first kappa shape index (κ1) is 12.8. The quantitative estimate of drug-likeness (QED) is 0.799. The molecule has 0 bridgehead atoms. The lowest BCUT2D eigenvalue weighted by molar-refractivity contribution is 0.581. The molecule has 0 amide bonds. The molecule has 2 nitrogen and oxygen atoms in total. The Kier molecular flexibility index (Phi) is 5.37. The summed E-state index contributed by atoms with van der Waals surface area (Å²) in [7, 11) is 0. The van der Waals surface area contributed by atoms with Crippen molar-refractivity contribution in [1.29, 1.82) is 0 Å². The number of rotatable bonds is 5. The fraction of sp³-hybridized carbons (Fsp3) is 0.545. The molecule has 84 valence electrons. The van der Waals surface area contributed by atoms with Crippen LogP contribution in [0.15, 0.2) is 12.4 Å². The third-order valence-corrected chi connectivity index (χ3v) is 2.98. The van der Waals surface area contributed by atoms with Gasteiger partial charge in [-0.25, -0.2) is 0 Å². The van der Waals surface area contributed by atoms with Gasteiger partial charge in [-0.05, 0) is 6.42 Å². The van der Waals surface area contributed by atoms with Crippen LogP contribution in [0.4, 0.5) is 0 Å². The Labute approximate surface area is 101 Å². The number of halogens is 2. The Morgan fingerprint density at radius 2 is 1.87 bits per heavy atom. The van der Waals surface area contributed by atoms with Crippen molar-refractivity contribution in [2.45, 2.75) is 38.6 Å². The van der Waals surface area contributed by atoms with Gasteiger partial charge in [-0.3, -0.25) is 4.98 Å². The van der Waals surface area contributed by atoms with Crippen LogP contribution in [0.25, 0.3) is 0 Å². The molecular weight excluding hydrogens is 231 g/mol. The Morgan fingerprint density at radius 1 is 1.27 bits per heavy atom. The molecule has 0 radical (unpaired) electrons. The van der Waals surface area contributed by atoms with Crippen LogP contribution in [0.3, 0.4) is 0 Å². The maximum absolute atomic E-state index is 6.04. The molecule has 1 rings (SSSR count). The third kappa shape index (κ3) is 3.63. The van der Waals surface area contributed by atoms with E-state index >= 15 is 0 Å². The fourth-order valence-electron chi connectivity index (χ4n) is 1.53. The molecule has 0 aromatic carbocycles. The number of hydrogen-bond donors (Lipinski definition) is 1. The maximum Gasteiger partial charge on any atom is 0.0651 e. The predicted molar refractivity (Wildman–Crippen MR) is 65.3 cm³/mol. The zero-order valence-electron chi connectivity index (χ0n) is 8.84. The largest absolute Gasteiger partial charge is 0.324 e. The van der Waals surface area contributed by atoms with E-state index in [1.54, 1.807) is 12.4 Å². The molecule has 4 heteroatoms. The summed E-state index contributed by atoms with van der Waals surface area (Å²) in [6, 6.07) is -0.0838. The van der Waals surface area contributed by atoms with Gasteiger partial charge in [0, 0.05) is 24.0 Å². The summed E-state index contributed by atoms with van der Waals surface area (Å²) in [5.41, 5.74) is 6.86. The molecule has 1 aromatic rings. The number of aromatic nitrogens is 1. The zero-order chi connectivity index (χ0) is 11.3. The standard InChI is InChI=1S/C11H16Cl2N2/c1-2-3-4-5-10(14)11-8(12)6-15-7-9(11)13/h6-7,10H,2-5,14H2,1H3/t10-/m1/s1. The summed E-state index contributed by atoms with van der Waals surface area (Å²) in [5, 5.41) is 1.12. The van der Waals surface area contributed by atoms with E-state index in [-0.39, 0.29) is 6.04 Å². The summed E-state index contributed by atoms with van der Waals surface area (Å²) < 4.78 is 0. The van der Waals surface area contributed by atoms with Gasteiger partial charge in [0.1, 0.15) is 0 Å². The van der Waals surface area contributed by atoms with Gasteiger partial charge in [-0.1, -0.05) is 49.4 Å². The second kappa shape index (κ2) is 6.31. The second-order valence-electron chi connectivity index (χ2n) is 3.62. The van der Waals surface area contributed by atoms with Crippen LogP contribution in [-0.2, 0) is 0 Å². The Balaban J connectivity index is 2.68. The summed E-state index contributed by atoms with van der Waals surface area (Å²) in [6.07, 6.45) is 7.56. The SMILES string of the molecule is CCCCC[C@@H](N)c1c(Cl)cncc1Cl. The van der Waals surface area contributed by atoms with E-state index in [9.17, 15) is 0 Å². The molecule has 1 aromatic heterocycles. The molecule has 0 aliphatic heterocycles. The predicted octanol–water partition coefficient (Wildman–Crippen LogP) is 3.97. The normalized spacial score (nSPS) is 12.8. The molecule has 0 spiro atoms. The lowest BCUT2D eigenvalue weighted by Crippen LogP contribution is -2.11. The van der Waals surface area contributed by atoms with Crippen LogP contribution in [0.2, 0.25) is 10.0 Å². The van der Waals surface area contributed by atoms with Crippen molar-refractivity contribution in [3.63, 3.8) is 0 Å². The monoisotopic (exact) mass is 246 g/mol. The van der Waals surface area contributed by atoms with Gasteiger partial charge in [0.15, 0.2) is 0 Å². The average molecular weight is 247 g/mol. The number of nitrogens with zero attached hydrogens (tertiary/aromatic N) is 1. The molecule has 0 saturated carbocycles. The lowest BCUT2D eigenvalue weighted by atomic mass is 10.0. The van der Waals surface area contributed by atoms with Gasteiger partial charge < -0.3 is 5.73 Å². The van der Waals surface area contributed by atoms with E-state index in [4.69, 9.17) is 28.9 Å². The highest BCUT2D eigenvalue weighted by Crippen LogP contribution is 2.30. The Morgan fingerprint density at radius 3 is 2.40 bits per heavy atom. The first-order valence-corrected chi connectivity index (χ1v) is 5.97. The fourth-order valence-corrected chi connectivity index (χ4v) is 2.18. The van der Waals surface area contributed by atoms with E-state index in [2.05, 4.69) is 11.9 Å². The highest BCUT2D eigenvalue weighted by molar-refractivity contribution is 6.35. The van der Waals surface area contributed by atoms with Crippen molar-refractivity contribution in [1.82, 2.24) is 4.98 Å². The van der Waals surface area contributed by atoms with E-state index in [0.717, 1.165) is 18.4 Å². The van der Waals surface area contributed by atoms with Gasteiger partial charge in [-0.15, -0.1) is 0 Å². The minimum absolute atomic E-state index is 0.0838. The summed E-state index contributed by atoms with van der Waals surface area (Å²) in [5.74, 6) is 0. The van der Waals surface area contributed by atoms with Gasteiger partial charge in [0.2, 0.25) is 0 Å². The molecule has 0 aliphatic rings. The first-order chi connectivity index (χ1) is 7.16. The van der Waals surface area contributed by atoms with Gasteiger partial charge in [0.25, 0.3) is 0 Å². The van der Waals surface area contributed by atoms with Crippen molar-refractivity contribution in [2.24, 2.45) is 5.73 Å². The molecule has 0 aliphatic carbocycles. The third-order valence-electron chi connectivity index (χ3n) is 2.38. The molecule has 1 heterocycles. The Bertz CT molecular complexity index is 295. The lowest BCUT2D eigenvalue weighted by Gasteiger charge is -2.14. The summed E-state index contributed by atoms with van der Waals surface area (Å²) in [6.45, 7) is 2.16. The highest BCUT2D eigenvalue weighted by atomic mass is 35.5. The van der Waals surface area contributed by atoms with Crippen LogP contribution in [0, 0.1) is 0 Å². The van der Waals surface area contributed by atoms with Crippen LogP contribution < -0.4 is 5.73 Å². The van der Waals surface area contributed by atoms with Crippen LogP contribution in [0.5, 0.6) is 0 Å². The smallest absolute Gasteiger partial charge is 0.0651 e. The molecule has 0 fully saturated rings. The van der Waals surface area contributed by atoms with Crippen molar-refractivity contribution in [3.8, 4) is 0 Å². The van der Waals surface area contributed by atoms with E-state index in [0.29, 0.717) is 10.0 Å². The summed E-state index contributed by atoms with van der Waals surface area (Å²) >= 11 is 12.0.